The molecule has 0 unspecified atom stereocenters. The summed E-state index contributed by atoms with van der Waals surface area (Å²) in [5.74, 6) is 0.324. The molecule has 5 aromatic rings. The SMILES string of the molecule is O=Nc1ccc2nc(-c3ccc(CC(=O)/C=C/c4ccc(-n5ccnc5)cc4)cc3)n(O)c2c1. The van der Waals surface area contributed by atoms with Crippen LogP contribution in [0.25, 0.3) is 34.2 Å². The van der Waals surface area contributed by atoms with Crippen LogP contribution >= 0.6 is 0 Å². The van der Waals surface area contributed by atoms with E-state index in [1.54, 1.807) is 48.9 Å². The van der Waals surface area contributed by atoms with E-state index in [0.29, 0.717) is 22.4 Å². The highest BCUT2D eigenvalue weighted by Crippen LogP contribution is 2.26. The Morgan fingerprint density at radius 2 is 1.82 bits per heavy atom. The molecule has 0 spiro atoms. The number of carbonyl (C=O) groups is 1. The second-order valence-corrected chi connectivity index (χ2v) is 7.75. The molecule has 0 bridgehead atoms. The van der Waals surface area contributed by atoms with E-state index in [4.69, 9.17) is 0 Å². The predicted octanol–water partition coefficient (Wildman–Crippen LogP) is 5.35. The first-order valence-electron chi connectivity index (χ1n) is 10.5. The summed E-state index contributed by atoms with van der Waals surface area (Å²) in [5.41, 5.74) is 4.62. The van der Waals surface area contributed by atoms with E-state index in [1.165, 1.54) is 6.07 Å². The fourth-order valence-corrected chi connectivity index (χ4v) is 3.69. The van der Waals surface area contributed by atoms with Crippen LogP contribution in [-0.2, 0) is 11.2 Å². The van der Waals surface area contributed by atoms with E-state index < -0.39 is 0 Å². The maximum atomic E-state index is 12.4. The van der Waals surface area contributed by atoms with E-state index in [9.17, 15) is 14.9 Å². The van der Waals surface area contributed by atoms with Crippen LogP contribution < -0.4 is 0 Å². The molecular formula is C26H19N5O3. The number of allylic oxidation sites excluding steroid dienone is 1. The molecule has 2 heterocycles. The molecule has 166 valence electrons. The van der Waals surface area contributed by atoms with Crippen LogP contribution in [0.3, 0.4) is 0 Å². The third kappa shape index (κ3) is 4.24. The van der Waals surface area contributed by atoms with Gasteiger partial charge in [-0.1, -0.05) is 42.5 Å². The zero-order valence-electron chi connectivity index (χ0n) is 17.9. The topological polar surface area (TPSA) is 102 Å². The number of nitrogens with zero attached hydrogens (tertiary/aromatic N) is 5. The standard InChI is InChI=1S/C26H19N5O3/c32-23(11-5-18-3-9-22(10-4-18)30-14-13-27-17-30)15-19-1-6-20(7-2-19)26-28-24-12-8-21(29-33)16-25(24)31(26)34/h1-14,16-17,34H,15H2/b11-5+. The van der Waals surface area contributed by atoms with Gasteiger partial charge in [0.15, 0.2) is 11.6 Å². The number of hydrogen-bond donors (Lipinski definition) is 1. The van der Waals surface area contributed by atoms with E-state index >= 15 is 0 Å². The first-order valence-corrected chi connectivity index (χ1v) is 10.5. The summed E-state index contributed by atoms with van der Waals surface area (Å²) in [6, 6.07) is 19.7. The zero-order valence-corrected chi connectivity index (χ0v) is 17.9. The average molecular weight is 449 g/mol. The molecule has 8 nitrogen and oxygen atoms in total. The minimum absolute atomic E-state index is 0.0188. The summed E-state index contributed by atoms with van der Waals surface area (Å²) in [6.45, 7) is 0. The van der Waals surface area contributed by atoms with Crippen LogP contribution in [0.4, 0.5) is 5.69 Å². The molecule has 0 aliphatic heterocycles. The quantitative estimate of drug-likeness (QED) is 0.205. The molecule has 0 fully saturated rings. The molecule has 0 atom stereocenters. The second kappa shape index (κ2) is 8.95. The van der Waals surface area contributed by atoms with Crippen molar-refractivity contribution in [3.63, 3.8) is 0 Å². The Hall–Kier alpha value is -4.85. The normalized spacial score (nSPS) is 11.3. The van der Waals surface area contributed by atoms with Crippen LogP contribution in [0, 0.1) is 4.91 Å². The molecule has 3 aromatic carbocycles. The van der Waals surface area contributed by atoms with Gasteiger partial charge in [-0.25, -0.2) is 9.97 Å². The molecule has 34 heavy (non-hydrogen) atoms. The summed E-state index contributed by atoms with van der Waals surface area (Å²) >= 11 is 0. The lowest BCUT2D eigenvalue weighted by atomic mass is 10.1. The fraction of sp³-hybridized carbons (Fsp3) is 0.0385. The van der Waals surface area contributed by atoms with Gasteiger partial charge in [-0.15, -0.1) is 4.91 Å². The minimum atomic E-state index is -0.0188. The zero-order chi connectivity index (χ0) is 23.5. The molecule has 0 saturated heterocycles. The Morgan fingerprint density at radius 1 is 1.03 bits per heavy atom. The molecule has 0 amide bonds. The van der Waals surface area contributed by atoms with Crippen LogP contribution in [-0.4, -0.2) is 30.3 Å². The Morgan fingerprint density at radius 3 is 2.53 bits per heavy atom. The van der Waals surface area contributed by atoms with Gasteiger partial charge in [-0.2, -0.15) is 4.73 Å². The van der Waals surface area contributed by atoms with Crippen LogP contribution in [0.1, 0.15) is 11.1 Å². The smallest absolute Gasteiger partial charge is 0.176 e. The number of aromatic nitrogens is 4. The maximum absolute atomic E-state index is 12.4. The molecule has 0 radical (unpaired) electrons. The number of fused-ring (bicyclic) bond motifs is 1. The van der Waals surface area contributed by atoms with Crippen molar-refractivity contribution in [1.29, 1.82) is 0 Å². The van der Waals surface area contributed by atoms with Crippen LogP contribution in [0.15, 0.2) is 96.7 Å². The summed E-state index contributed by atoms with van der Waals surface area (Å²) in [4.78, 5) is 31.6. The van der Waals surface area contributed by atoms with Crippen molar-refractivity contribution in [2.75, 3.05) is 0 Å². The first kappa shape index (κ1) is 21.0. The van der Waals surface area contributed by atoms with Gasteiger partial charge in [-0.05, 0) is 52.7 Å². The summed E-state index contributed by atoms with van der Waals surface area (Å²) < 4.78 is 2.85. The van der Waals surface area contributed by atoms with Crippen molar-refractivity contribution in [3.05, 3.63) is 108 Å². The van der Waals surface area contributed by atoms with Gasteiger partial charge in [0.2, 0.25) is 0 Å². The Labute approximate surface area is 194 Å². The number of nitroso groups, excluding NO2 is 1. The maximum Gasteiger partial charge on any atom is 0.176 e. The molecule has 0 aliphatic rings. The number of benzene rings is 3. The molecule has 5 rings (SSSR count). The summed E-state index contributed by atoms with van der Waals surface area (Å²) in [7, 11) is 0. The molecular weight excluding hydrogens is 430 g/mol. The lowest BCUT2D eigenvalue weighted by molar-refractivity contribution is -0.113. The number of imidazole rings is 2. The van der Waals surface area contributed by atoms with E-state index in [1.807, 2.05) is 47.2 Å². The second-order valence-electron chi connectivity index (χ2n) is 7.75. The lowest BCUT2D eigenvalue weighted by Crippen LogP contribution is -1.99. The van der Waals surface area contributed by atoms with Crippen molar-refractivity contribution in [2.24, 2.45) is 5.18 Å². The largest absolute Gasteiger partial charge is 0.426 e. The molecule has 1 N–H and O–H groups in total. The van der Waals surface area contributed by atoms with Crippen molar-refractivity contribution < 1.29 is 10.0 Å². The van der Waals surface area contributed by atoms with Gasteiger partial charge in [0.05, 0.1) is 11.8 Å². The van der Waals surface area contributed by atoms with Crippen molar-refractivity contribution in [2.45, 2.75) is 6.42 Å². The first-order chi connectivity index (χ1) is 16.6. The Kier molecular flexibility index (Phi) is 5.53. The van der Waals surface area contributed by atoms with E-state index in [0.717, 1.165) is 21.5 Å². The summed E-state index contributed by atoms with van der Waals surface area (Å²) in [6.07, 6.45) is 8.96. The van der Waals surface area contributed by atoms with Gasteiger partial charge in [-0.3, -0.25) is 4.79 Å². The molecule has 8 heteroatoms. The number of ketones is 1. The van der Waals surface area contributed by atoms with Crippen molar-refractivity contribution >= 4 is 28.6 Å². The average Bonchev–Trinajstić information content (AvgIpc) is 3.52. The van der Waals surface area contributed by atoms with Crippen molar-refractivity contribution in [1.82, 2.24) is 19.3 Å². The fourth-order valence-electron chi connectivity index (χ4n) is 3.69. The molecule has 0 aliphatic carbocycles. The van der Waals surface area contributed by atoms with Gasteiger partial charge >= 0.3 is 0 Å². The highest BCUT2D eigenvalue weighted by Gasteiger charge is 2.13. The van der Waals surface area contributed by atoms with Crippen LogP contribution in [0.5, 0.6) is 0 Å². The third-order valence-electron chi connectivity index (χ3n) is 5.47. The van der Waals surface area contributed by atoms with Crippen molar-refractivity contribution in [3.8, 4) is 17.1 Å². The van der Waals surface area contributed by atoms with Crippen LogP contribution in [0.2, 0.25) is 0 Å². The third-order valence-corrected chi connectivity index (χ3v) is 5.47. The highest BCUT2D eigenvalue weighted by atomic mass is 16.5. The predicted molar refractivity (Wildman–Crippen MR) is 129 cm³/mol. The lowest BCUT2D eigenvalue weighted by Gasteiger charge is -2.03. The number of rotatable bonds is 7. The number of carbonyl (C=O) groups excluding carboxylic acids is 1. The Bertz CT molecular complexity index is 1500. The number of hydrogen-bond acceptors (Lipinski definition) is 6. The van der Waals surface area contributed by atoms with E-state index in [2.05, 4.69) is 15.1 Å². The van der Waals surface area contributed by atoms with E-state index in [-0.39, 0.29) is 17.9 Å². The monoisotopic (exact) mass is 449 g/mol. The van der Waals surface area contributed by atoms with Gasteiger partial charge in [0.25, 0.3) is 0 Å². The highest BCUT2D eigenvalue weighted by molar-refractivity contribution is 5.95. The van der Waals surface area contributed by atoms with Gasteiger partial charge in [0, 0.05) is 30.1 Å². The van der Waals surface area contributed by atoms with Gasteiger partial charge in [0.1, 0.15) is 11.2 Å². The van der Waals surface area contributed by atoms with Gasteiger partial charge < -0.3 is 9.77 Å². The minimum Gasteiger partial charge on any atom is -0.426 e. The molecule has 0 saturated carbocycles. The summed E-state index contributed by atoms with van der Waals surface area (Å²) in [5, 5.41) is 13.4. The Balaban J connectivity index is 1.26. The molecule has 2 aromatic heterocycles.